The van der Waals surface area contributed by atoms with Gasteiger partial charge >= 0.3 is 0 Å². The van der Waals surface area contributed by atoms with E-state index in [0.29, 0.717) is 28.4 Å². The zero-order valence-electron chi connectivity index (χ0n) is 15.3. The third kappa shape index (κ3) is 2.67. The number of thiophene rings is 1. The smallest absolute Gasteiger partial charge is 0.177 e. The first kappa shape index (κ1) is 16.9. The van der Waals surface area contributed by atoms with E-state index in [1.54, 1.807) is 30.9 Å². The van der Waals surface area contributed by atoms with Crippen LogP contribution in [0.15, 0.2) is 61.2 Å². The fourth-order valence-corrected chi connectivity index (χ4v) is 4.18. The van der Waals surface area contributed by atoms with Crippen molar-refractivity contribution >= 4 is 33.4 Å². The summed E-state index contributed by atoms with van der Waals surface area (Å²) in [6.07, 6.45) is 6.97. The van der Waals surface area contributed by atoms with Gasteiger partial charge in [-0.2, -0.15) is 9.49 Å². The SMILES string of the molecule is Fc1ccc(-c2nccc3[nH]c(-c4n[nH]c5ncc(-c6ccncc6)cc45)nc23)s1. The number of nitrogens with zero attached hydrogens (tertiary/aromatic N) is 5. The van der Waals surface area contributed by atoms with Crippen LogP contribution >= 0.6 is 11.3 Å². The molecule has 0 bridgehead atoms. The molecule has 0 unspecified atom stereocenters. The Kier molecular flexibility index (Phi) is 3.68. The molecule has 6 heterocycles. The quantitative estimate of drug-likeness (QED) is 0.433. The predicted octanol–water partition coefficient (Wildman–Crippen LogP) is 4.83. The molecule has 6 rings (SSSR count). The van der Waals surface area contributed by atoms with Gasteiger partial charge in [0.2, 0.25) is 0 Å². The van der Waals surface area contributed by atoms with Gasteiger partial charge in [0, 0.05) is 30.4 Å². The molecule has 30 heavy (non-hydrogen) atoms. The molecule has 0 aliphatic heterocycles. The third-order valence-electron chi connectivity index (χ3n) is 4.86. The summed E-state index contributed by atoms with van der Waals surface area (Å²) >= 11 is 1.04. The monoisotopic (exact) mass is 413 g/mol. The van der Waals surface area contributed by atoms with Crippen molar-refractivity contribution in [2.24, 2.45) is 0 Å². The average molecular weight is 413 g/mol. The molecule has 144 valence electrons. The Labute approximate surface area is 172 Å². The van der Waals surface area contributed by atoms with E-state index in [1.165, 1.54) is 6.07 Å². The lowest BCUT2D eigenvalue weighted by molar-refractivity contribution is 0.657. The van der Waals surface area contributed by atoms with Crippen LogP contribution in [0.25, 0.3) is 55.3 Å². The zero-order chi connectivity index (χ0) is 20.1. The van der Waals surface area contributed by atoms with Gasteiger partial charge in [-0.15, -0.1) is 11.3 Å². The van der Waals surface area contributed by atoms with Crippen molar-refractivity contribution in [1.82, 2.24) is 35.1 Å². The number of hydrogen-bond donors (Lipinski definition) is 2. The molecular weight excluding hydrogens is 401 g/mol. The van der Waals surface area contributed by atoms with Crippen molar-refractivity contribution in [3.8, 4) is 33.2 Å². The van der Waals surface area contributed by atoms with E-state index in [1.807, 2.05) is 24.3 Å². The summed E-state index contributed by atoms with van der Waals surface area (Å²) in [5.74, 6) is 0.594. The molecule has 6 aromatic heterocycles. The van der Waals surface area contributed by atoms with Crippen molar-refractivity contribution in [1.29, 1.82) is 0 Å². The van der Waals surface area contributed by atoms with Gasteiger partial charge in [0.1, 0.15) is 16.9 Å². The fraction of sp³-hybridized carbons (Fsp3) is 0. The van der Waals surface area contributed by atoms with Gasteiger partial charge in [0.25, 0.3) is 0 Å². The summed E-state index contributed by atoms with van der Waals surface area (Å²) in [4.78, 5) is 21.7. The van der Waals surface area contributed by atoms with E-state index >= 15 is 0 Å². The van der Waals surface area contributed by atoms with E-state index < -0.39 is 0 Å². The second-order valence-corrected chi connectivity index (χ2v) is 7.71. The highest BCUT2D eigenvalue weighted by Crippen LogP contribution is 2.33. The first-order valence-corrected chi connectivity index (χ1v) is 9.93. The Hall–Kier alpha value is -3.98. The molecule has 0 amide bonds. The molecule has 0 aliphatic carbocycles. The van der Waals surface area contributed by atoms with Gasteiger partial charge < -0.3 is 4.98 Å². The normalized spacial score (nSPS) is 11.5. The molecule has 9 heteroatoms. The number of rotatable bonds is 3. The molecule has 7 nitrogen and oxygen atoms in total. The van der Waals surface area contributed by atoms with E-state index in [0.717, 1.165) is 38.2 Å². The second kappa shape index (κ2) is 6.53. The zero-order valence-corrected chi connectivity index (χ0v) is 16.1. The third-order valence-corrected chi connectivity index (χ3v) is 5.74. The van der Waals surface area contributed by atoms with Crippen molar-refractivity contribution in [2.75, 3.05) is 0 Å². The van der Waals surface area contributed by atoms with E-state index in [9.17, 15) is 4.39 Å². The Morgan fingerprint density at radius 1 is 0.900 bits per heavy atom. The highest BCUT2D eigenvalue weighted by atomic mass is 32.1. The lowest BCUT2D eigenvalue weighted by Gasteiger charge is -2.00. The molecule has 0 aliphatic rings. The highest BCUT2D eigenvalue weighted by Gasteiger charge is 2.17. The van der Waals surface area contributed by atoms with Gasteiger partial charge in [-0.3, -0.25) is 15.1 Å². The summed E-state index contributed by atoms with van der Waals surface area (Å²) in [7, 11) is 0. The first-order valence-electron chi connectivity index (χ1n) is 9.11. The van der Waals surface area contributed by atoms with Crippen molar-refractivity contribution < 1.29 is 4.39 Å². The van der Waals surface area contributed by atoms with Crippen LogP contribution in [0.3, 0.4) is 0 Å². The Bertz CT molecular complexity index is 1520. The number of aromatic nitrogens is 7. The average Bonchev–Trinajstić information content (AvgIpc) is 3.51. The number of imidazole rings is 1. The van der Waals surface area contributed by atoms with E-state index in [4.69, 9.17) is 4.98 Å². The minimum absolute atomic E-state index is 0.257. The molecule has 0 aromatic carbocycles. The van der Waals surface area contributed by atoms with E-state index in [-0.39, 0.29) is 5.13 Å². The minimum atomic E-state index is -0.257. The molecule has 0 fully saturated rings. The van der Waals surface area contributed by atoms with Crippen LogP contribution in [0.4, 0.5) is 4.39 Å². The summed E-state index contributed by atoms with van der Waals surface area (Å²) in [5, 5.41) is 7.98. The first-order chi connectivity index (χ1) is 14.8. The minimum Gasteiger partial charge on any atom is -0.336 e. The van der Waals surface area contributed by atoms with Gasteiger partial charge in [0.15, 0.2) is 16.6 Å². The maximum atomic E-state index is 13.5. The molecule has 0 atom stereocenters. The summed E-state index contributed by atoms with van der Waals surface area (Å²) < 4.78 is 13.5. The molecular formula is C21H12FN7S. The number of fused-ring (bicyclic) bond motifs is 2. The van der Waals surface area contributed by atoms with Crippen LogP contribution in [0.5, 0.6) is 0 Å². The molecule has 0 saturated carbocycles. The van der Waals surface area contributed by atoms with Crippen molar-refractivity contribution in [3.05, 3.63) is 66.3 Å². The number of nitrogens with one attached hydrogen (secondary N) is 2. The largest absolute Gasteiger partial charge is 0.336 e. The van der Waals surface area contributed by atoms with Crippen LogP contribution < -0.4 is 0 Å². The Balaban J connectivity index is 1.52. The highest BCUT2D eigenvalue weighted by molar-refractivity contribution is 7.13. The Morgan fingerprint density at radius 2 is 1.80 bits per heavy atom. The topological polar surface area (TPSA) is 96.0 Å². The fourth-order valence-electron chi connectivity index (χ4n) is 3.46. The number of hydrogen-bond acceptors (Lipinski definition) is 6. The van der Waals surface area contributed by atoms with Crippen molar-refractivity contribution in [3.63, 3.8) is 0 Å². The summed E-state index contributed by atoms with van der Waals surface area (Å²) in [6, 6.07) is 10.9. The van der Waals surface area contributed by atoms with Gasteiger partial charge in [-0.25, -0.2) is 9.97 Å². The number of pyridine rings is 3. The predicted molar refractivity (Wildman–Crippen MR) is 113 cm³/mol. The maximum absolute atomic E-state index is 13.5. The van der Waals surface area contributed by atoms with Crippen LogP contribution in [0.2, 0.25) is 0 Å². The lowest BCUT2D eigenvalue weighted by Crippen LogP contribution is -1.84. The molecule has 2 N–H and O–H groups in total. The second-order valence-electron chi connectivity index (χ2n) is 6.67. The van der Waals surface area contributed by atoms with Gasteiger partial charge in [-0.05, 0) is 42.0 Å². The molecule has 0 spiro atoms. The van der Waals surface area contributed by atoms with Crippen LogP contribution in [0.1, 0.15) is 0 Å². The van der Waals surface area contributed by atoms with Gasteiger partial charge in [-0.1, -0.05) is 0 Å². The standard InChI is InChI=1S/C21H12FN7S/c22-16-2-1-15(30-16)19-18-14(5-8-24-19)26-21(27-18)17-13-9-12(10-25-20(13)29-28-17)11-3-6-23-7-4-11/h1-10H,(H,26,27)(H,25,28,29). The van der Waals surface area contributed by atoms with Crippen molar-refractivity contribution in [2.45, 2.75) is 0 Å². The van der Waals surface area contributed by atoms with Crippen LogP contribution in [0, 0.1) is 5.13 Å². The Morgan fingerprint density at radius 3 is 2.63 bits per heavy atom. The van der Waals surface area contributed by atoms with Gasteiger partial charge in [0.05, 0.1) is 15.8 Å². The lowest BCUT2D eigenvalue weighted by atomic mass is 10.1. The molecule has 0 saturated heterocycles. The number of H-pyrrole nitrogens is 2. The molecule has 6 aromatic rings. The van der Waals surface area contributed by atoms with Crippen LogP contribution in [-0.4, -0.2) is 35.1 Å². The number of aromatic amines is 2. The van der Waals surface area contributed by atoms with Crippen LogP contribution in [-0.2, 0) is 0 Å². The number of halogens is 1. The molecule has 0 radical (unpaired) electrons. The summed E-state index contributed by atoms with van der Waals surface area (Å²) in [5.41, 5.74) is 5.42. The maximum Gasteiger partial charge on any atom is 0.177 e. The van der Waals surface area contributed by atoms with E-state index in [2.05, 4.69) is 30.1 Å². The summed E-state index contributed by atoms with van der Waals surface area (Å²) in [6.45, 7) is 0.